The Labute approximate surface area is 178 Å². The summed E-state index contributed by atoms with van der Waals surface area (Å²) in [5.74, 6) is -0.992. The van der Waals surface area contributed by atoms with E-state index in [2.05, 4.69) is 5.32 Å². The van der Waals surface area contributed by atoms with Crippen LogP contribution in [0.15, 0.2) is 72.8 Å². The molecule has 3 rings (SSSR count). The fraction of sp³-hybridized carbons (Fsp3) is 0.130. The number of anilines is 1. The molecule has 8 nitrogen and oxygen atoms in total. The van der Waals surface area contributed by atoms with Gasteiger partial charge in [-0.15, -0.1) is 0 Å². The van der Waals surface area contributed by atoms with Crippen molar-refractivity contribution in [3.63, 3.8) is 0 Å². The van der Waals surface area contributed by atoms with Crippen LogP contribution in [0, 0.1) is 17.0 Å². The molecule has 0 aliphatic heterocycles. The number of amides is 1. The summed E-state index contributed by atoms with van der Waals surface area (Å²) >= 11 is 0. The van der Waals surface area contributed by atoms with Crippen molar-refractivity contribution < 1.29 is 24.0 Å². The molecule has 0 spiro atoms. The van der Waals surface area contributed by atoms with Gasteiger partial charge < -0.3 is 14.8 Å². The Morgan fingerprint density at radius 1 is 1.00 bits per heavy atom. The van der Waals surface area contributed by atoms with Crippen molar-refractivity contribution in [3.8, 4) is 5.75 Å². The minimum atomic E-state index is -1.28. The molecule has 0 bridgehead atoms. The van der Waals surface area contributed by atoms with Gasteiger partial charge in [0, 0.05) is 17.7 Å². The van der Waals surface area contributed by atoms with Crippen molar-refractivity contribution in [3.05, 3.63) is 99.6 Å². The molecule has 0 aliphatic carbocycles. The number of benzene rings is 3. The first-order chi connectivity index (χ1) is 14.9. The Hall–Kier alpha value is -4.20. The van der Waals surface area contributed by atoms with Crippen LogP contribution in [0.25, 0.3) is 0 Å². The number of carbonyl (C=O) groups excluding carboxylic acids is 2. The van der Waals surface area contributed by atoms with Crippen LogP contribution in [-0.2, 0) is 9.53 Å². The van der Waals surface area contributed by atoms with Gasteiger partial charge in [-0.1, -0.05) is 42.5 Å². The molecule has 0 radical (unpaired) electrons. The third-order valence-electron chi connectivity index (χ3n) is 4.47. The maximum Gasteiger partial charge on any atom is 0.339 e. The number of methoxy groups -OCH3 is 1. The summed E-state index contributed by atoms with van der Waals surface area (Å²) in [5.41, 5.74) is 1.50. The van der Waals surface area contributed by atoms with E-state index >= 15 is 0 Å². The average Bonchev–Trinajstić information content (AvgIpc) is 2.78. The van der Waals surface area contributed by atoms with Crippen LogP contribution in [0.1, 0.15) is 27.6 Å². The highest BCUT2D eigenvalue weighted by Crippen LogP contribution is 2.28. The average molecular weight is 420 g/mol. The number of rotatable bonds is 7. The van der Waals surface area contributed by atoms with Crippen molar-refractivity contribution in [2.45, 2.75) is 13.0 Å². The fourth-order valence-electron chi connectivity index (χ4n) is 2.94. The Morgan fingerprint density at radius 3 is 2.42 bits per heavy atom. The molecule has 0 heterocycles. The van der Waals surface area contributed by atoms with E-state index in [0.717, 1.165) is 11.6 Å². The van der Waals surface area contributed by atoms with E-state index in [1.165, 1.54) is 25.3 Å². The number of ether oxygens (including phenoxy) is 2. The molecule has 0 aliphatic rings. The lowest BCUT2D eigenvalue weighted by atomic mass is 10.1. The van der Waals surface area contributed by atoms with Gasteiger partial charge in [0.15, 0.2) is 0 Å². The maximum absolute atomic E-state index is 13.1. The van der Waals surface area contributed by atoms with E-state index in [1.54, 1.807) is 42.5 Å². The Balaban J connectivity index is 1.90. The summed E-state index contributed by atoms with van der Waals surface area (Å²) in [6, 6.07) is 18.9. The zero-order valence-electron chi connectivity index (χ0n) is 16.9. The van der Waals surface area contributed by atoms with Gasteiger partial charge >= 0.3 is 5.97 Å². The van der Waals surface area contributed by atoms with Crippen LogP contribution >= 0.6 is 0 Å². The van der Waals surface area contributed by atoms with Crippen LogP contribution in [0.5, 0.6) is 5.75 Å². The first-order valence-corrected chi connectivity index (χ1v) is 9.35. The van der Waals surface area contributed by atoms with Gasteiger partial charge in [-0.05, 0) is 30.7 Å². The van der Waals surface area contributed by atoms with Gasteiger partial charge in [0.25, 0.3) is 11.6 Å². The zero-order chi connectivity index (χ0) is 22.4. The standard InChI is InChI=1S/C23H20N2O6/c1-15-11-12-20(30-2)19(13-15)24-22(26)21(16-7-4-3-5-8-16)31-23(27)17-9-6-10-18(14-17)25(28)29/h3-14,21H,1-2H3,(H,24,26). The van der Waals surface area contributed by atoms with Crippen molar-refractivity contribution in [1.82, 2.24) is 0 Å². The highest BCUT2D eigenvalue weighted by Gasteiger charge is 2.27. The maximum atomic E-state index is 13.1. The van der Waals surface area contributed by atoms with E-state index in [4.69, 9.17) is 9.47 Å². The van der Waals surface area contributed by atoms with E-state index in [0.29, 0.717) is 17.0 Å². The number of nitrogens with zero attached hydrogens (tertiary/aromatic N) is 1. The van der Waals surface area contributed by atoms with Crippen LogP contribution < -0.4 is 10.1 Å². The van der Waals surface area contributed by atoms with Gasteiger partial charge in [-0.2, -0.15) is 0 Å². The molecule has 1 N–H and O–H groups in total. The second-order valence-electron chi connectivity index (χ2n) is 6.70. The highest BCUT2D eigenvalue weighted by molar-refractivity contribution is 5.99. The molecule has 1 amide bonds. The Bertz CT molecular complexity index is 1110. The van der Waals surface area contributed by atoms with Gasteiger partial charge in [0.2, 0.25) is 6.10 Å². The molecular formula is C23H20N2O6. The Morgan fingerprint density at radius 2 is 1.74 bits per heavy atom. The number of carbonyl (C=O) groups is 2. The lowest BCUT2D eigenvalue weighted by Crippen LogP contribution is -2.26. The smallest absolute Gasteiger partial charge is 0.339 e. The first-order valence-electron chi connectivity index (χ1n) is 9.35. The summed E-state index contributed by atoms with van der Waals surface area (Å²) in [5, 5.41) is 13.7. The summed E-state index contributed by atoms with van der Waals surface area (Å²) in [6.45, 7) is 1.87. The second kappa shape index (κ2) is 9.53. The highest BCUT2D eigenvalue weighted by atomic mass is 16.6. The summed E-state index contributed by atoms with van der Waals surface area (Å²) in [7, 11) is 1.48. The number of nitro benzene ring substituents is 1. The molecule has 3 aromatic rings. The SMILES string of the molecule is COc1ccc(C)cc1NC(=O)C(OC(=O)c1cccc([N+](=O)[O-])c1)c1ccccc1. The monoisotopic (exact) mass is 420 g/mol. The molecule has 0 fully saturated rings. The third kappa shape index (κ3) is 5.24. The molecular weight excluding hydrogens is 400 g/mol. The van der Waals surface area contributed by atoms with Crippen LogP contribution in [0.3, 0.4) is 0 Å². The van der Waals surface area contributed by atoms with Crippen LogP contribution in [0.4, 0.5) is 11.4 Å². The predicted molar refractivity (Wildman–Crippen MR) is 114 cm³/mol. The zero-order valence-corrected chi connectivity index (χ0v) is 16.9. The van der Waals surface area contributed by atoms with Crippen LogP contribution in [0.2, 0.25) is 0 Å². The molecule has 8 heteroatoms. The molecule has 1 atom stereocenters. The van der Waals surface area contributed by atoms with E-state index < -0.39 is 22.9 Å². The molecule has 3 aromatic carbocycles. The number of nitro groups is 1. The molecule has 0 saturated carbocycles. The number of aryl methyl sites for hydroxylation is 1. The molecule has 31 heavy (non-hydrogen) atoms. The number of hydrogen-bond donors (Lipinski definition) is 1. The lowest BCUT2D eigenvalue weighted by Gasteiger charge is -2.19. The Kier molecular flexibility index (Phi) is 6.61. The largest absolute Gasteiger partial charge is 0.495 e. The summed E-state index contributed by atoms with van der Waals surface area (Å²) < 4.78 is 10.8. The van der Waals surface area contributed by atoms with E-state index in [1.807, 2.05) is 13.0 Å². The number of nitrogens with one attached hydrogen (secondary N) is 1. The van der Waals surface area contributed by atoms with Gasteiger partial charge in [0.05, 0.1) is 23.3 Å². The molecule has 1 unspecified atom stereocenters. The van der Waals surface area contributed by atoms with Crippen molar-refractivity contribution in [2.24, 2.45) is 0 Å². The second-order valence-corrected chi connectivity index (χ2v) is 6.70. The minimum Gasteiger partial charge on any atom is -0.495 e. The van der Waals surface area contributed by atoms with Gasteiger partial charge in [-0.25, -0.2) is 4.79 Å². The summed E-state index contributed by atoms with van der Waals surface area (Å²) in [6.07, 6.45) is -1.28. The van der Waals surface area contributed by atoms with Gasteiger partial charge in [0.1, 0.15) is 5.75 Å². The normalized spacial score (nSPS) is 11.3. The lowest BCUT2D eigenvalue weighted by molar-refractivity contribution is -0.384. The fourth-order valence-corrected chi connectivity index (χ4v) is 2.94. The predicted octanol–water partition coefficient (Wildman–Crippen LogP) is 4.45. The molecule has 158 valence electrons. The molecule has 0 aromatic heterocycles. The number of esters is 1. The number of hydrogen-bond acceptors (Lipinski definition) is 6. The number of non-ortho nitro benzene ring substituents is 1. The van der Waals surface area contributed by atoms with Gasteiger partial charge in [-0.3, -0.25) is 14.9 Å². The van der Waals surface area contributed by atoms with Crippen molar-refractivity contribution >= 4 is 23.3 Å². The molecule has 0 saturated heterocycles. The van der Waals surface area contributed by atoms with Crippen LogP contribution in [-0.4, -0.2) is 23.9 Å². The van der Waals surface area contributed by atoms with E-state index in [9.17, 15) is 19.7 Å². The van der Waals surface area contributed by atoms with E-state index in [-0.39, 0.29) is 11.3 Å². The quantitative estimate of drug-likeness (QED) is 0.344. The van der Waals surface area contributed by atoms with Crippen molar-refractivity contribution in [1.29, 1.82) is 0 Å². The summed E-state index contributed by atoms with van der Waals surface area (Å²) in [4.78, 5) is 36.2. The first kappa shape index (κ1) is 21.5. The minimum absolute atomic E-state index is 0.0314. The third-order valence-corrected chi connectivity index (χ3v) is 4.47. The van der Waals surface area contributed by atoms with Crippen molar-refractivity contribution in [2.75, 3.05) is 12.4 Å². The topological polar surface area (TPSA) is 108 Å².